The maximum atomic E-state index is 13.1. The molecule has 11 heteroatoms. The van der Waals surface area contributed by atoms with Crippen LogP contribution in [0.25, 0.3) is 22.3 Å². The number of carbonyl (C=O) groups excluding carboxylic acids is 1. The van der Waals surface area contributed by atoms with Crippen molar-refractivity contribution in [1.29, 1.82) is 0 Å². The van der Waals surface area contributed by atoms with Crippen molar-refractivity contribution >= 4 is 17.7 Å². The molecule has 0 saturated carbocycles. The van der Waals surface area contributed by atoms with E-state index < -0.39 is 18.4 Å². The number of rotatable bonds is 9. The number of carbonyl (C=O) groups is 2. The number of ether oxygens (including phenoxy) is 1. The highest BCUT2D eigenvalue weighted by molar-refractivity contribution is 5.91. The third-order valence-electron chi connectivity index (χ3n) is 5.80. The van der Waals surface area contributed by atoms with Crippen molar-refractivity contribution in [2.24, 2.45) is 7.05 Å². The Labute approximate surface area is 222 Å². The minimum atomic E-state index is -4.87. The van der Waals surface area contributed by atoms with Crippen molar-refractivity contribution in [3.63, 3.8) is 0 Å². The Morgan fingerprint density at radius 3 is 2.28 bits per heavy atom. The van der Waals surface area contributed by atoms with Crippen LogP contribution in [0.3, 0.4) is 0 Å². The number of aliphatic carboxylic acids is 1. The number of benzene rings is 3. The maximum absolute atomic E-state index is 13.1. The molecule has 0 fully saturated rings. The van der Waals surface area contributed by atoms with Crippen molar-refractivity contribution in [2.75, 3.05) is 5.32 Å². The summed E-state index contributed by atoms with van der Waals surface area (Å²) in [5.41, 5.74) is 4.00. The molecule has 39 heavy (non-hydrogen) atoms. The standard InChI is InChI=1S/C28H25F3N4O4/c1-35-17-21(16-33-35)23-3-2-4-24(39-28(29,30)31)26(23)20-10-12-22(13-11-20)34-27(38)32-15-19-7-5-18(6-8-19)9-14-25(36)37/h2-8,10-13,16-17H,9,14-15H2,1H3,(H,36,37)(H2,32,34,38). The second-order valence-corrected chi connectivity index (χ2v) is 8.72. The van der Waals surface area contributed by atoms with Crippen LogP contribution >= 0.6 is 0 Å². The van der Waals surface area contributed by atoms with Crippen LogP contribution in [0, 0.1) is 0 Å². The Morgan fingerprint density at radius 2 is 1.67 bits per heavy atom. The number of urea groups is 1. The number of amides is 2. The molecule has 202 valence electrons. The number of aryl methyl sites for hydroxylation is 2. The number of aromatic nitrogens is 2. The van der Waals surface area contributed by atoms with Crippen molar-refractivity contribution in [3.05, 3.63) is 90.3 Å². The molecular formula is C28H25F3N4O4. The summed E-state index contributed by atoms with van der Waals surface area (Å²) in [6.07, 6.45) is -1.15. The molecule has 4 aromatic rings. The number of carboxylic acid groups (broad SMARTS) is 1. The first kappa shape index (κ1) is 27.2. The third-order valence-corrected chi connectivity index (χ3v) is 5.80. The molecular weight excluding hydrogens is 513 g/mol. The highest BCUT2D eigenvalue weighted by atomic mass is 19.4. The van der Waals surface area contributed by atoms with E-state index in [0.29, 0.717) is 28.8 Å². The number of hydrogen-bond acceptors (Lipinski definition) is 4. The van der Waals surface area contributed by atoms with E-state index >= 15 is 0 Å². The van der Waals surface area contributed by atoms with Gasteiger partial charge in [0.1, 0.15) is 5.75 Å². The second kappa shape index (κ2) is 11.7. The molecule has 0 bridgehead atoms. The molecule has 3 N–H and O–H groups in total. The normalized spacial score (nSPS) is 11.2. The maximum Gasteiger partial charge on any atom is 0.573 e. The Balaban J connectivity index is 1.46. The fraction of sp³-hybridized carbons (Fsp3) is 0.179. The highest BCUT2D eigenvalue weighted by Crippen LogP contribution is 2.41. The smallest absolute Gasteiger partial charge is 0.481 e. The largest absolute Gasteiger partial charge is 0.573 e. The Hall–Kier alpha value is -4.80. The van der Waals surface area contributed by atoms with Gasteiger partial charge in [0.25, 0.3) is 0 Å². The van der Waals surface area contributed by atoms with Crippen LogP contribution in [0.1, 0.15) is 17.5 Å². The predicted octanol–water partition coefficient (Wildman–Crippen LogP) is 5.99. The molecule has 0 aliphatic rings. The van der Waals surface area contributed by atoms with Gasteiger partial charge in [-0.15, -0.1) is 13.2 Å². The van der Waals surface area contributed by atoms with Crippen LogP contribution in [0.15, 0.2) is 79.1 Å². The van der Waals surface area contributed by atoms with Crippen molar-refractivity contribution in [2.45, 2.75) is 25.7 Å². The first-order valence-electron chi connectivity index (χ1n) is 11.9. The lowest BCUT2D eigenvalue weighted by Crippen LogP contribution is -2.28. The Morgan fingerprint density at radius 1 is 0.974 bits per heavy atom. The first-order valence-corrected chi connectivity index (χ1v) is 11.9. The molecule has 4 rings (SSSR count). The molecule has 0 spiro atoms. The van der Waals surface area contributed by atoms with E-state index in [4.69, 9.17) is 5.11 Å². The number of hydrogen-bond donors (Lipinski definition) is 3. The average molecular weight is 539 g/mol. The molecule has 2 amide bonds. The quantitative estimate of drug-likeness (QED) is 0.243. The van der Waals surface area contributed by atoms with E-state index in [9.17, 15) is 22.8 Å². The number of halogens is 3. The lowest BCUT2D eigenvalue weighted by molar-refractivity contribution is -0.274. The van der Waals surface area contributed by atoms with Crippen LogP contribution in [-0.4, -0.2) is 33.2 Å². The van der Waals surface area contributed by atoms with Gasteiger partial charge in [0.2, 0.25) is 0 Å². The fourth-order valence-electron chi connectivity index (χ4n) is 3.99. The molecule has 0 unspecified atom stereocenters. The lowest BCUT2D eigenvalue weighted by atomic mass is 9.95. The number of carboxylic acids is 1. The summed E-state index contributed by atoms with van der Waals surface area (Å²) in [6, 6.07) is 17.6. The van der Waals surface area contributed by atoms with Crippen molar-refractivity contribution in [1.82, 2.24) is 15.1 Å². The van der Waals surface area contributed by atoms with E-state index in [0.717, 1.165) is 11.1 Å². The number of alkyl halides is 3. The number of nitrogens with zero attached hydrogens (tertiary/aromatic N) is 2. The van der Waals surface area contributed by atoms with E-state index in [2.05, 4.69) is 20.5 Å². The van der Waals surface area contributed by atoms with Gasteiger partial charge in [0.15, 0.2) is 0 Å². The van der Waals surface area contributed by atoms with Gasteiger partial charge in [0.05, 0.1) is 6.20 Å². The van der Waals surface area contributed by atoms with Gasteiger partial charge in [-0.25, -0.2) is 4.79 Å². The van der Waals surface area contributed by atoms with Gasteiger partial charge in [-0.05, 0) is 46.9 Å². The molecule has 0 aliphatic heterocycles. The van der Waals surface area contributed by atoms with E-state index in [1.807, 2.05) is 24.3 Å². The summed E-state index contributed by atoms with van der Waals surface area (Å²) in [5.74, 6) is -1.21. The van der Waals surface area contributed by atoms with Gasteiger partial charge in [-0.1, -0.05) is 48.5 Å². The molecule has 1 heterocycles. The summed E-state index contributed by atoms with van der Waals surface area (Å²) in [7, 11) is 1.71. The van der Waals surface area contributed by atoms with Crippen LogP contribution in [0.4, 0.5) is 23.7 Å². The first-order chi connectivity index (χ1) is 18.6. The van der Waals surface area contributed by atoms with Crippen LogP contribution in [0.5, 0.6) is 5.75 Å². The molecule has 0 atom stereocenters. The van der Waals surface area contributed by atoms with Crippen LogP contribution < -0.4 is 15.4 Å². The van der Waals surface area contributed by atoms with Crippen LogP contribution in [0.2, 0.25) is 0 Å². The van der Waals surface area contributed by atoms with E-state index in [1.165, 1.54) is 12.1 Å². The molecule has 0 radical (unpaired) electrons. The third kappa shape index (κ3) is 7.60. The SMILES string of the molecule is Cn1cc(-c2cccc(OC(F)(F)F)c2-c2ccc(NC(=O)NCc3ccc(CCC(=O)O)cc3)cc2)cn1. The van der Waals surface area contributed by atoms with Crippen molar-refractivity contribution in [3.8, 4) is 28.0 Å². The average Bonchev–Trinajstić information content (AvgIpc) is 3.32. The highest BCUT2D eigenvalue weighted by Gasteiger charge is 2.33. The zero-order valence-electron chi connectivity index (χ0n) is 20.8. The predicted molar refractivity (Wildman–Crippen MR) is 139 cm³/mol. The Kier molecular flexibility index (Phi) is 8.18. The number of nitrogens with one attached hydrogen (secondary N) is 2. The summed E-state index contributed by atoms with van der Waals surface area (Å²) >= 11 is 0. The lowest BCUT2D eigenvalue weighted by Gasteiger charge is -2.17. The van der Waals surface area contributed by atoms with Gasteiger partial charge in [-0.2, -0.15) is 5.10 Å². The fourth-order valence-corrected chi connectivity index (χ4v) is 3.99. The minimum Gasteiger partial charge on any atom is -0.481 e. The molecule has 8 nitrogen and oxygen atoms in total. The second-order valence-electron chi connectivity index (χ2n) is 8.72. The van der Waals surface area contributed by atoms with E-state index in [-0.39, 0.29) is 24.3 Å². The topological polar surface area (TPSA) is 105 Å². The summed E-state index contributed by atoms with van der Waals surface area (Å²) < 4.78 is 45.3. The van der Waals surface area contributed by atoms with Gasteiger partial charge >= 0.3 is 18.4 Å². The summed E-state index contributed by atoms with van der Waals surface area (Å²) in [4.78, 5) is 23.1. The monoisotopic (exact) mass is 538 g/mol. The zero-order valence-corrected chi connectivity index (χ0v) is 20.8. The van der Waals surface area contributed by atoms with Crippen LogP contribution in [-0.2, 0) is 24.8 Å². The van der Waals surface area contributed by atoms with Gasteiger partial charge in [0, 0.05) is 43.0 Å². The molecule has 1 aromatic heterocycles. The van der Waals surface area contributed by atoms with E-state index in [1.54, 1.807) is 54.5 Å². The minimum absolute atomic E-state index is 0.0461. The van der Waals surface area contributed by atoms with Gasteiger partial charge < -0.3 is 20.5 Å². The van der Waals surface area contributed by atoms with Crippen molar-refractivity contribution < 1.29 is 32.6 Å². The molecule has 0 saturated heterocycles. The number of anilines is 1. The molecule has 0 aliphatic carbocycles. The molecule has 3 aromatic carbocycles. The summed E-state index contributed by atoms with van der Waals surface area (Å²) in [5, 5.41) is 18.3. The van der Waals surface area contributed by atoms with Gasteiger partial charge in [-0.3, -0.25) is 9.48 Å². The Bertz CT molecular complexity index is 1450. The zero-order chi connectivity index (χ0) is 28.0. The summed E-state index contributed by atoms with van der Waals surface area (Å²) in [6.45, 7) is 0.250.